The van der Waals surface area contributed by atoms with Gasteiger partial charge in [-0.1, -0.05) is 12.1 Å². The largest absolute Gasteiger partial charge is 0.323 e. The quantitative estimate of drug-likeness (QED) is 0.915. The second kappa shape index (κ2) is 6.76. The van der Waals surface area contributed by atoms with Crippen LogP contribution in [0.4, 0.5) is 18.9 Å². The molecule has 2 atom stereocenters. The lowest BCUT2D eigenvalue weighted by molar-refractivity contribution is -0.113. The van der Waals surface area contributed by atoms with Gasteiger partial charge in [0.25, 0.3) is 0 Å². The molecule has 1 N–H and O–H groups in total. The van der Waals surface area contributed by atoms with Crippen LogP contribution in [0.5, 0.6) is 0 Å². The number of anilines is 1. The zero-order valence-electron chi connectivity index (χ0n) is 12.5. The lowest BCUT2D eigenvalue weighted by Crippen LogP contribution is -2.22. The van der Waals surface area contributed by atoms with E-state index in [0.29, 0.717) is 24.0 Å². The zero-order valence-corrected chi connectivity index (χ0v) is 13.3. The highest BCUT2D eigenvalue weighted by Gasteiger charge is 2.31. The summed E-state index contributed by atoms with van der Waals surface area (Å²) < 4.78 is 53.0. The monoisotopic (exact) mass is 353 g/mol. The average molecular weight is 353 g/mol. The SMILES string of the molecule is O=C(C[S@@](=O)[C@H]1CCc2c(F)cc(F)cc21)Nc1ccccc1F. The van der Waals surface area contributed by atoms with Crippen LogP contribution in [-0.4, -0.2) is 15.9 Å². The maximum absolute atomic E-state index is 13.7. The molecule has 2 aromatic rings. The van der Waals surface area contributed by atoms with Gasteiger partial charge in [0.1, 0.15) is 23.2 Å². The number of halogens is 3. The lowest BCUT2D eigenvalue weighted by atomic mass is 10.1. The van der Waals surface area contributed by atoms with E-state index < -0.39 is 39.4 Å². The van der Waals surface area contributed by atoms with Gasteiger partial charge in [-0.2, -0.15) is 0 Å². The summed E-state index contributed by atoms with van der Waals surface area (Å²) in [6.07, 6.45) is 0.738. The van der Waals surface area contributed by atoms with Crippen LogP contribution in [0.1, 0.15) is 22.8 Å². The van der Waals surface area contributed by atoms with Gasteiger partial charge in [-0.25, -0.2) is 13.2 Å². The van der Waals surface area contributed by atoms with Crippen molar-refractivity contribution in [1.82, 2.24) is 0 Å². The fraction of sp³-hybridized carbons (Fsp3) is 0.235. The van der Waals surface area contributed by atoms with Crippen molar-refractivity contribution in [3.8, 4) is 0 Å². The molecule has 3 nitrogen and oxygen atoms in total. The number of nitrogens with one attached hydrogen (secondary N) is 1. The van der Waals surface area contributed by atoms with Crippen LogP contribution in [0, 0.1) is 17.5 Å². The molecule has 1 aliphatic rings. The molecule has 1 amide bonds. The van der Waals surface area contributed by atoms with E-state index in [1.165, 1.54) is 24.3 Å². The maximum Gasteiger partial charge on any atom is 0.237 e. The summed E-state index contributed by atoms with van der Waals surface area (Å²) in [6, 6.07) is 7.62. The Balaban J connectivity index is 1.71. The summed E-state index contributed by atoms with van der Waals surface area (Å²) >= 11 is 0. The maximum atomic E-state index is 13.7. The summed E-state index contributed by atoms with van der Waals surface area (Å²) in [6.45, 7) is 0. The first kappa shape index (κ1) is 16.7. The molecular formula is C17H14F3NO2S. The van der Waals surface area contributed by atoms with E-state index in [9.17, 15) is 22.2 Å². The van der Waals surface area contributed by atoms with Crippen LogP contribution in [-0.2, 0) is 22.0 Å². The minimum absolute atomic E-state index is 0.00316. The minimum atomic E-state index is -1.65. The van der Waals surface area contributed by atoms with Crippen molar-refractivity contribution in [2.45, 2.75) is 18.1 Å². The van der Waals surface area contributed by atoms with Crippen molar-refractivity contribution in [3.63, 3.8) is 0 Å². The molecular weight excluding hydrogens is 339 g/mol. The number of rotatable bonds is 4. The highest BCUT2D eigenvalue weighted by atomic mass is 32.2. The Bertz CT molecular complexity index is 825. The number of benzene rings is 2. The van der Waals surface area contributed by atoms with Crippen molar-refractivity contribution in [1.29, 1.82) is 0 Å². The van der Waals surface area contributed by atoms with Crippen LogP contribution in [0.15, 0.2) is 36.4 Å². The predicted octanol–water partition coefficient (Wildman–Crippen LogP) is 3.48. The summed E-state index contributed by atoms with van der Waals surface area (Å²) in [7, 11) is -1.65. The van der Waals surface area contributed by atoms with Gasteiger partial charge >= 0.3 is 0 Å². The normalized spacial score (nSPS) is 17.4. The van der Waals surface area contributed by atoms with Crippen LogP contribution >= 0.6 is 0 Å². The van der Waals surface area contributed by atoms with Gasteiger partial charge in [-0.3, -0.25) is 9.00 Å². The molecule has 0 fully saturated rings. The molecule has 0 heterocycles. The molecule has 126 valence electrons. The zero-order chi connectivity index (χ0) is 17.3. The van der Waals surface area contributed by atoms with Gasteiger partial charge in [-0.05, 0) is 42.2 Å². The Kier molecular flexibility index (Phi) is 4.71. The molecule has 2 aromatic carbocycles. The number of hydrogen-bond donors (Lipinski definition) is 1. The Labute approximate surface area is 139 Å². The van der Waals surface area contributed by atoms with E-state index in [0.717, 1.165) is 6.07 Å². The average Bonchev–Trinajstić information content (AvgIpc) is 2.93. The first-order valence-electron chi connectivity index (χ1n) is 7.35. The van der Waals surface area contributed by atoms with Crippen LogP contribution in [0.25, 0.3) is 0 Å². The van der Waals surface area contributed by atoms with Crippen molar-refractivity contribution < 1.29 is 22.2 Å². The van der Waals surface area contributed by atoms with Crippen molar-refractivity contribution in [3.05, 3.63) is 65.0 Å². The van der Waals surface area contributed by atoms with E-state index in [1.54, 1.807) is 6.07 Å². The number of para-hydroxylation sites is 1. The molecule has 0 saturated carbocycles. The van der Waals surface area contributed by atoms with Gasteiger partial charge in [-0.15, -0.1) is 0 Å². The van der Waals surface area contributed by atoms with Crippen molar-refractivity contribution in [2.24, 2.45) is 0 Å². The fourth-order valence-electron chi connectivity index (χ4n) is 2.86. The third-order valence-corrected chi connectivity index (χ3v) is 5.61. The molecule has 0 aromatic heterocycles. The molecule has 0 spiro atoms. The Morgan fingerprint density at radius 3 is 2.67 bits per heavy atom. The second-order valence-corrected chi connectivity index (χ2v) is 7.16. The first-order chi connectivity index (χ1) is 11.5. The minimum Gasteiger partial charge on any atom is -0.323 e. The Morgan fingerprint density at radius 2 is 1.92 bits per heavy atom. The number of hydrogen-bond acceptors (Lipinski definition) is 2. The number of carbonyl (C=O) groups excluding carboxylic acids is 1. The van der Waals surface area contributed by atoms with Crippen molar-refractivity contribution in [2.75, 3.05) is 11.1 Å². The van der Waals surface area contributed by atoms with Gasteiger partial charge < -0.3 is 5.32 Å². The number of amides is 1. The van der Waals surface area contributed by atoms with E-state index in [-0.39, 0.29) is 11.4 Å². The summed E-state index contributed by atoms with van der Waals surface area (Å²) in [5.41, 5.74) is 0.706. The molecule has 0 saturated heterocycles. The number of carbonyl (C=O) groups is 1. The molecule has 0 radical (unpaired) electrons. The molecule has 3 rings (SSSR count). The first-order valence-corrected chi connectivity index (χ1v) is 8.73. The fourth-order valence-corrected chi connectivity index (χ4v) is 4.26. The summed E-state index contributed by atoms with van der Waals surface area (Å²) in [5, 5.41) is 1.76. The third kappa shape index (κ3) is 3.36. The molecule has 0 bridgehead atoms. The summed E-state index contributed by atoms with van der Waals surface area (Å²) in [4.78, 5) is 12.0. The summed E-state index contributed by atoms with van der Waals surface area (Å²) in [5.74, 6) is -2.95. The number of fused-ring (bicyclic) bond motifs is 1. The molecule has 7 heteroatoms. The van der Waals surface area contributed by atoms with Gasteiger partial charge in [0.05, 0.1) is 10.9 Å². The molecule has 1 aliphatic carbocycles. The van der Waals surface area contributed by atoms with Gasteiger partial charge in [0.15, 0.2) is 0 Å². The topological polar surface area (TPSA) is 46.2 Å². The lowest BCUT2D eigenvalue weighted by Gasteiger charge is -2.12. The van der Waals surface area contributed by atoms with E-state index in [4.69, 9.17) is 0 Å². The standard InChI is InChI=1S/C17H14F3NO2S/c18-10-7-12-11(14(20)8-10)5-6-16(12)24(23)9-17(22)21-15-4-2-1-3-13(15)19/h1-4,7-8,16H,5-6,9H2,(H,21,22)/t16-,24+/m0/s1. The molecule has 0 unspecified atom stereocenters. The second-order valence-electron chi connectivity index (χ2n) is 5.54. The predicted molar refractivity (Wildman–Crippen MR) is 85.5 cm³/mol. The van der Waals surface area contributed by atoms with E-state index in [2.05, 4.69) is 5.32 Å². The molecule has 0 aliphatic heterocycles. The van der Waals surface area contributed by atoms with E-state index in [1.807, 2.05) is 0 Å². The van der Waals surface area contributed by atoms with Crippen molar-refractivity contribution >= 4 is 22.4 Å². The Morgan fingerprint density at radius 1 is 1.17 bits per heavy atom. The van der Waals surface area contributed by atoms with Crippen LogP contribution < -0.4 is 5.32 Å². The van der Waals surface area contributed by atoms with Crippen LogP contribution in [0.3, 0.4) is 0 Å². The highest BCUT2D eigenvalue weighted by molar-refractivity contribution is 7.86. The van der Waals surface area contributed by atoms with Crippen LogP contribution in [0.2, 0.25) is 0 Å². The van der Waals surface area contributed by atoms with Gasteiger partial charge in [0.2, 0.25) is 5.91 Å². The van der Waals surface area contributed by atoms with E-state index >= 15 is 0 Å². The molecule has 24 heavy (non-hydrogen) atoms. The smallest absolute Gasteiger partial charge is 0.237 e. The highest BCUT2D eigenvalue weighted by Crippen LogP contribution is 2.37. The van der Waals surface area contributed by atoms with Gasteiger partial charge in [0, 0.05) is 16.9 Å². The Hall–Kier alpha value is -2.15. The third-order valence-electron chi connectivity index (χ3n) is 3.94.